The molecule has 0 aliphatic rings. The van der Waals surface area contributed by atoms with Gasteiger partial charge in [0.1, 0.15) is 11.8 Å². The number of nitro groups is 1. The van der Waals surface area contributed by atoms with E-state index in [-0.39, 0.29) is 18.0 Å². The Balaban J connectivity index is 0.00000256. The summed E-state index contributed by atoms with van der Waals surface area (Å²) in [5.74, 6) is -0.554. The highest BCUT2D eigenvalue weighted by atomic mass is 35.5. The molecule has 0 aliphatic carbocycles. The molecule has 0 aliphatic heterocycles. The van der Waals surface area contributed by atoms with Crippen LogP contribution in [0.2, 0.25) is 0 Å². The predicted octanol–water partition coefficient (Wildman–Crippen LogP) is 2.30. The Bertz CT molecular complexity index is 429. The van der Waals surface area contributed by atoms with Crippen LogP contribution in [0.4, 0.5) is 14.5 Å². The van der Waals surface area contributed by atoms with E-state index in [2.05, 4.69) is 0 Å². The zero-order valence-electron chi connectivity index (χ0n) is 8.76. The molecule has 1 aromatic carbocycles. The summed E-state index contributed by atoms with van der Waals surface area (Å²) >= 11 is 0. The van der Waals surface area contributed by atoms with E-state index < -0.39 is 34.4 Å². The molecule has 0 heterocycles. The Morgan fingerprint density at radius 3 is 2.41 bits per heavy atom. The molecule has 5 nitrogen and oxygen atoms in total. The van der Waals surface area contributed by atoms with E-state index in [0.29, 0.717) is 0 Å². The van der Waals surface area contributed by atoms with Crippen molar-refractivity contribution in [3.63, 3.8) is 0 Å². The second-order valence-electron chi connectivity index (χ2n) is 3.28. The monoisotopic (exact) mass is 268 g/mol. The van der Waals surface area contributed by atoms with Crippen LogP contribution >= 0.6 is 12.4 Å². The van der Waals surface area contributed by atoms with Crippen molar-refractivity contribution in [3.05, 3.63) is 33.4 Å². The van der Waals surface area contributed by atoms with E-state index in [9.17, 15) is 24.0 Å². The summed E-state index contributed by atoms with van der Waals surface area (Å²) in [4.78, 5) is 9.76. The van der Waals surface area contributed by atoms with Crippen LogP contribution in [0.1, 0.15) is 17.2 Å². The van der Waals surface area contributed by atoms with Crippen LogP contribution in [0.15, 0.2) is 12.1 Å². The first-order valence-corrected chi connectivity index (χ1v) is 4.36. The van der Waals surface area contributed by atoms with Crippen LogP contribution in [-0.4, -0.2) is 16.5 Å². The van der Waals surface area contributed by atoms with E-state index in [1.165, 1.54) is 13.0 Å². The summed E-state index contributed by atoms with van der Waals surface area (Å²) in [5.41, 5.74) is 4.26. The fraction of sp³-hybridized carbons (Fsp3) is 0.333. The van der Waals surface area contributed by atoms with Gasteiger partial charge in [0.2, 0.25) is 0 Å². The van der Waals surface area contributed by atoms with Crippen LogP contribution < -0.4 is 5.73 Å². The number of hydrogen-bond acceptors (Lipinski definition) is 4. The molecule has 0 bridgehead atoms. The summed E-state index contributed by atoms with van der Waals surface area (Å²) in [6.07, 6.45) is -2.98. The van der Waals surface area contributed by atoms with Gasteiger partial charge in [0.15, 0.2) is 0 Å². The van der Waals surface area contributed by atoms with Gasteiger partial charge in [0, 0.05) is 6.07 Å². The number of aryl methyl sites for hydroxylation is 1. The molecule has 1 rings (SSSR count). The van der Waals surface area contributed by atoms with Gasteiger partial charge < -0.3 is 10.8 Å². The third kappa shape index (κ3) is 3.01. The number of nitro benzene ring substituents is 1. The molecule has 1 atom stereocenters. The van der Waals surface area contributed by atoms with E-state index >= 15 is 0 Å². The lowest BCUT2D eigenvalue weighted by molar-refractivity contribution is -0.386. The highest BCUT2D eigenvalue weighted by Gasteiger charge is 2.30. The summed E-state index contributed by atoms with van der Waals surface area (Å²) in [6, 6.07) is 0.446. The van der Waals surface area contributed by atoms with Crippen LogP contribution in [0.25, 0.3) is 0 Å². The minimum atomic E-state index is -2.98. The topological polar surface area (TPSA) is 89.4 Å². The number of rotatable bonds is 3. The number of benzene rings is 1. The Labute approximate surface area is 102 Å². The zero-order valence-corrected chi connectivity index (χ0v) is 9.58. The van der Waals surface area contributed by atoms with Crippen LogP contribution in [-0.2, 0) is 0 Å². The molecule has 1 aromatic rings. The van der Waals surface area contributed by atoms with Crippen LogP contribution in [0, 0.1) is 17.0 Å². The van der Waals surface area contributed by atoms with Crippen molar-refractivity contribution >= 4 is 18.1 Å². The lowest BCUT2D eigenvalue weighted by Crippen LogP contribution is -2.20. The number of phenolic OH excluding ortho intramolecular Hbond substituents is 1. The van der Waals surface area contributed by atoms with Gasteiger partial charge in [-0.15, -0.1) is 12.4 Å². The van der Waals surface area contributed by atoms with Crippen LogP contribution in [0.5, 0.6) is 5.75 Å². The molecule has 17 heavy (non-hydrogen) atoms. The number of nitrogens with two attached hydrogens (primary N) is 1. The molecule has 0 aromatic heterocycles. The lowest BCUT2D eigenvalue weighted by atomic mass is 10.0. The maximum Gasteiger partial charge on any atom is 0.278 e. The molecule has 8 heteroatoms. The van der Waals surface area contributed by atoms with Crippen LogP contribution in [0.3, 0.4) is 0 Å². The molecular weight excluding hydrogens is 258 g/mol. The Morgan fingerprint density at radius 2 is 2.00 bits per heavy atom. The predicted molar refractivity (Wildman–Crippen MR) is 59.7 cm³/mol. The number of halogens is 3. The molecular formula is C9H11ClF2N2O3. The fourth-order valence-corrected chi connectivity index (χ4v) is 1.32. The highest BCUT2D eigenvalue weighted by Crippen LogP contribution is 2.36. The molecule has 0 amide bonds. The van der Waals surface area contributed by atoms with Gasteiger partial charge in [0.05, 0.1) is 10.5 Å². The molecule has 96 valence electrons. The SMILES string of the molecule is Cc1ccc([N+](=O)[O-])c([C@@H](N)C(F)F)c1O.Cl. The van der Waals surface area contributed by atoms with E-state index in [1.54, 1.807) is 0 Å². The molecule has 0 spiro atoms. The van der Waals surface area contributed by atoms with Gasteiger partial charge in [-0.3, -0.25) is 10.1 Å². The van der Waals surface area contributed by atoms with E-state index in [0.717, 1.165) is 6.07 Å². The maximum absolute atomic E-state index is 12.4. The quantitative estimate of drug-likeness (QED) is 0.650. The standard InChI is InChI=1S/C9H10F2N2O3.ClH/c1-4-2-3-5(13(15)16)6(8(4)14)7(12)9(10)11;/h2-3,7,9,14H,12H2,1H3;1H/t7-;/m1./s1. The Kier molecular flexibility index (Phi) is 5.24. The van der Waals surface area contributed by atoms with Gasteiger partial charge in [-0.25, -0.2) is 8.78 Å². The van der Waals surface area contributed by atoms with E-state index in [4.69, 9.17) is 5.73 Å². The second-order valence-corrected chi connectivity index (χ2v) is 3.28. The normalized spacial score (nSPS) is 12.1. The van der Waals surface area contributed by atoms with Crippen molar-refractivity contribution in [1.82, 2.24) is 0 Å². The van der Waals surface area contributed by atoms with Gasteiger partial charge in [-0.1, -0.05) is 0 Å². The third-order valence-electron chi connectivity index (χ3n) is 2.20. The van der Waals surface area contributed by atoms with Crippen molar-refractivity contribution in [1.29, 1.82) is 0 Å². The summed E-state index contributed by atoms with van der Waals surface area (Å²) in [7, 11) is 0. The molecule has 0 fully saturated rings. The van der Waals surface area contributed by atoms with E-state index in [1.807, 2.05) is 0 Å². The van der Waals surface area contributed by atoms with Crippen molar-refractivity contribution < 1.29 is 18.8 Å². The van der Waals surface area contributed by atoms with Crippen molar-refractivity contribution in [2.45, 2.75) is 19.4 Å². The minimum absolute atomic E-state index is 0. The van der Waals surface area contributed by atoms with Gasteiger partial charge >= 0.3 is 0 Å². The molecule has 3 N–H and O–H groups in total. The Morgan fingerprint density at radius 1 is 1.47 bits per heavy atom. The fourth-order valence-electron chi connectivity index (χ4n) is 1.32. The number of aromatic hydroxyl groups is 1. The third-order valence-corrected chi connectivity index (χ3v) is 2.20. The van der Waals surface area contributed by atoms with Gasteiger partial charge in [-0.05, 0) is 18.6 Å². The van der Waals surface area contributed by atoms with Crippen molar-refractivity contribution in [3.8, 4) is 5.75 Å². The first kappa shape index (κ1) is 15.5. The first-order chi connectivity index (χ1) is 7.36. The largest absolute Gasteiger partial charge is 0.507 e. The highest BCUT2D eigenvalue weighted by molar-refractivity contribution is 5.85. The number of phenols is 1. The first-order valence-electron chi connectivity index (χ1n) is 4.36. The van der Waals surface area contributed by atoms with Crippen molar-refractivity contribution in [2.75, 3.05) is 0 Å². The Hall–Kier alpha value is -1.47. The lowest BCUT2D eigenvalue weighted by Gasteiger charge is -2.14. The van der Waals surface area contributed by atoms with Gasteiger partial charge in [-0.2, -0.15) is 0 Å². The number of hydrogen-bond donors (Lipinski definition) is 2. The van der Waals surface area contributed by atoms with Gasteiger partial charge in [0.25, 0.3) is 12.1 Å². The summed E-state index contributed by atoms with van der Waals surface area (Å²) < 4.78 is 24.8. The molecule has 0 radical (unpaired) electrons. The average molecular weight is 269 g/mol. The summed E-state index contributed by atoms with van der Waals surface area (Å²) in [5, 5.41) is 20.1. The number of nitrogens with zero attached hydrogens (tertiary/aromatic N) is 1. The van der Waals surface area contributed by atoms with Crippen molar-refractivity contribution in [2.24, 2.45) is 5.73 Å². The average Bonchev–Trinajstić information content (AvgIpc) is 2.20. The molecule has 0 saturated heterocycles. The molecule has 0 saturated carbocycles. The minimum Gasteiger partial charge on any atom is -0.507 e. The second kappa shape index (κ2) is 5.74. The zero-order chi connectivity index (χ0) is 12.5. The smallest absolute Gasteiger partial charge is 0.278 e. The number of alkyl halides is 2. The maximum atomic E-state index is 12.4. The summed E-state index contributed by atoms with van der Waals surface area (Å²) in [6.45, 7) is 1.45. The molecule has 0 unspecified atom stereocenters.